The molecule has 0 spiro atoms. The van der Waals surface area contributed by atoms with Gasteiger partial charge < -0.3 is 24.4 Å². The van der Waals surface area contributed by atoms with E-state index in [1.807, 2.05) is 51.1 Å². The molecule has 188 valence electrons. The van der Waals surface area contributed by atoms with E-state index in [1.54, 1.807) is 17.0 Å². The van der Waals surface area contributed by atoms with Gasteiger partial charge in [-0.3, -0.25) is 9.59 Å². The first kappa shape index (κ1) is 26.3. The average Bonchev–Trinajstić information content (AvgIpc) is 3.09. The minimum atomic E-state index is -0.744. The molecular formula is C28H36N2O5. The first-order chi connectivity index (χ1) is 16.7. The van der Waals surface area contributed by atoms with Crippen molar-refractivity contribution in [1.82, 2.24) is 9.80 Å². The Morgan fingerprint density at radius 1 is 1.11 bits per heavy atom. The minimum absolute atomic E-state index is 0.0316. The number of carbonyl (C=O) groups excluding carboxylic acids is 2. The maximum Gasteiger partial charge on any atom is 0.295 e. The molecular weight excluding hydrogens is 444 g/mol. The van der Waals surface area contributed by atoms with Crippen molar-refractivity contribution in [2.24, 2.45) is 0 Å². The highest BCUT2D eigenvalue weighted by Crippen LogP contribution is 2.41. The van der Waals surface area contributed by atoms with Crippen LogP contribution in [0.25, 0.3) is 5.76 Å². The number of aryl methyl sites for hydroxylation is 1. The van der Waals surface area contributed by atoms with Crippen LogP contribution in [0.5, 0.6) is 11.5 Å². The summed E-state index contributed by atoms with van der Waals surface area (Å²) in [5, 5.41) is 11.4. The zero-order chi connectivity index (χ0) is 25.7. The molecule has 1 heterocycles. The molecule has 0 aromatic heterocycles. The van der Waals surface area contributed by atoms with Gasteiger partial charge in [-0.05, 0) is 63.7 Å². The van der Waals surface area contributed by atoms with Crippen molar-refractivity contribution in [3.8, 4) is 11.5 Å². The van der Waals surface area contributed by atoms with E-state index < -0.39 is 17.7 Å². The molecule has 7 nitrogen and oxygen atoms in total. The SMILES string of the molecule is CCN(CC)CCN1C(=O)C(=O)/C(=C(/O)c2cc(C)ccc2OC)C1c1cccc(OC(C)C)c1. The largest absolute Gasteiger partial charge is 0.507 e. The Morgan fingerprint density at radius 3 is 2.46 bits per heavy atom. The monoisotopic (exact) mass is 480 g/mol. The van der Waals surface area contributed by atoms with E-state index in [0.29, 0.717) is 35.7 Å². The summed E-state index contributed by atoms with van der Waals surface area (Å²) in [7, 11) is 1.51. The van der Waals surface area contributed by atoms with Crippen LogP contribution in [0.2, 0.25) is 0 Å². The number of methoxy groups -OCH3 is 1. The molecule has 3 rings (SSSR count). The Balaban J connectivity index is 2.18. The summed E-state index contributed by atoms with van der Waals surface area (Å²) in [5.41, 5.74) is 2.04. The van der Waals surface area contributed by atoms with Crippen LogP contribution in [0.4, 0.5) is 0 Å². The molecule has 0 aliphatic carbocycles. The number of benzene rings is 2. The van der Waals surface area contributed by atoms with Gasteiger partial charge in [-0.2, -0.15) is 0 Å². The van der Waals surface area contributed by atoms with E-state index in [1.165, 1.54) is 7.11 Å². The smallest absolute Gasteiger partial charge is 0.295 e. The van der Waals surface area contributed by atoms with Gasteiger partial charge >= 0.3 is 0 Å². The fourth-order valence-corrected chi connectivity index (χ4v) is 4.43. The topological polar surface area (TPSA) is 79.3 Å². The standard InChI is InChI=1S/C28H36N2O5/c1-7-29(8-2)14-15-30-25(20-10-9-11-21(17-20)35-18(3)4)24(27(32)28(30)33)26(31)22-16-19(5)12-13-23(22)34-6/h9-13,16-18,25,31H,7-8,14-15H2,1-6H3/b26-24+. The molecule has 7 heteroatoms. The summed E-state index contributed by atoms with van der Waals surface area (Å²) in [5.74, 6) is -0.497. The lowest BCUT2D eigenvalue weighted by Gasteiger charge is -2.28. The van der Waals surface area contributed by atoms with Gasteiger partial charge in [0.1, 0.15) is 17.3 Å². The Kier molecular flexibility index (Phi) is 8.57. The molecule has 1 fully saturated rings. The van der Waals surface area contributed by atoms with Crippen molar-refractivity contribution in [2.45, 2.75) is 46.8 Å². The lowest BCUT2D eigenvalue weighted by atomic mass is 9.94. The van der Waals surface area contributed by atoms with Gasteiger partial charge in [0.15, 0.2) is 0 Å². The zero-order valence-corrected chi connectivity index (χ0v) is 21.5. The first-order valence-corrected chi connectivity index (χ1v) is 12.1. The number of amides is 1. The van der Waals surface area contributed by atoms with E-state index in [2.05, 4.69) is 18.7 Å². The molecule has 1 aliphatic rings. The quantitative estimate of drug-likeness (QED) is 0.305. The number of aliphatic hydroxyl groups excluding tert-OH is 1. The first-order valence-electron chi connectivity index (χ1n) is 12.1. The fraction of sp³-hybridized carbons (Fsp3) is 0.429. The van der Waals surface area contributed by atoms with Crippen LogP contribution >= 0.6 is 0 Å². The molecule has 1 aliphatic heterocycles. The summed E-state index contributed by atoms with van der Waals surface area (Å²) in [6.07, 6.45) is -0.0316. The number of hydrogen-bond acceptors (Lipinski definition) is 6. The minimum Gasteiger partial charge on any atom is -0.507 e. The predicted octanol–water partition coefficient (Wildman–Crippen LogP) is 4.55. The number of nitrogens with zero attached hydrogens (tertiary/aromatic N) is 2. The van der Waals surface area contributed by atoms with Crippen LogP contribution in [-0.4, -0.2) is 66.0 Å². The van der Waals surface area contributed by atoms with Crippen molar-refractivity contribution in [3.05, 3.63) is 64.7 Å². The summed E-state index contributed by atoms with van der Waals surface area (Å²) < 4.78 is 11.3. The summed E-state index contributed by atoms with van der Waals surface area (Å²) >= 11 is 0. The fourth-order valence-electron chi connectivity index (χ4n) is 4.43. The van der Waals surface area contributed by atoms with Crippen molar-refractivity contribution in [2.75, 3.05) is 33.3 Å². The molecule has 1 N–H and O–H groups in total. The van der Waals surface area contributed by atoms with Crippen LogP contribution in [-0.2, 0) is 9.59 Å². The number of carbonyl (C=O) groups is 2. The van der Waals surface area contributed by atoms with Crippen LogP contribution < -0.4 is 9.47 Å². The molecule has 0 saturated carbocycles. The molecule has 1 amide bonds. The van der Waals surface area contributed by atoms with E-state index in [9.17, 15) is 14.7 Å². The highest BCUT2D eigenvalue weighted by atomic mass is 16.5. The van der Waals surface area contributed by atoms with Gasteiger partial charge in [0.05, 0.1) is 30.4 Å². The molecule has 2 aromatic rings. The number of Topliss-reactive ketones (excluding diaryl/α,β-unsaturated/α-hetero) is 1. The van der Waals surface area contributed by atoms with Crippen LogP contribution in [0.15, 0.2) is 48.0 Å². The number of hydrogen-bond donors (Lipinski definition) is 1. The molecule has 0 radical (unpaired) electrons. The van der Waals surface area contributed by atoms with Gasteiger partial charge in [0, 0.05) is 13.1 Å². The van der Waals surface area contributed by atoms with Crippen LogP contribution in [0, 0.1) is 6.92 Å². The van der Waals surface area contributed by atoms with Gasteiger partial charge in [-0.25, -0.2) is 0 Å². The molecule has 1 atom stereocenters. The molecule has 1 unspecified atom stereocenters. The number of ketones is 1. The molecule has 0 bridgehead atoms. The zero-order valence-electron chi connectivity index (χ0n) is 21.5. The number of ether oxygens (including phenoxy) is 2. The normalized spacial score (nSPS) is 17.5. The molecule has 35 heavy (non-hydrogen) atoms. The number of likely N-dealkylation sites (N-methyl/N-ethyl adjacent to an activating group) is 1. The van der Waals surface area contributed by atoms with Gasteiger partial charge in [0.2, 0.25) is 0 Å². The van der Waals surface area contributed by atoms with E-state index >= 15 is 0 Å². The van der Waals surface area contributed by atoms with Crippen LogP contribution in [0.3, 0.4) is 0 Å². The lowest BCUT2D eigenvalue weighted by Crippen LogP contribution is -2.38. The number of rotatable bonds is 10. The Hall–Kier alpha value is -3.32. The van der Waals surface area contributed by atoms with Crippen molar-refractivity contribution in [1.29, 1.82) is 0 Å². The predicted molar refractivity (Wildman–Crippen MR) is 137 cm³/mol. The highest BCUT2D eigenvalue weighted by Gasteiger charge is 2.46. The van der Waals surface area contributed by atoms with Crippen LogP contribution in [0.1, 0.15) is 50.4 Å². The second kappa shape index (κ2) is 11.4. The van der Waals surface area contributed by atoms with E-state index in [-0.39, 0.29) is 17.4 Å². The van der Waals surface area contributed by atoms with E-state index in [4.69, 9.17) is 9.47 Å². The Morgan fingerprint density at radius 2 is 1.83 bits per heavy atom. The lowest BCUT2D eigenvalue weighted by molar-refractivity contribution is -0.140. The Bertz CT molecular complexity index is 1100. The summed E-state index contributed by atoms with van der Waals surface area (Å²) in [6, 6.07) is 12.0. The Labute approximate surface area is 207 Å². The third kappa shape index (κ3) is 5.68. The maximum atomic E-state index is 13.4. The van der Waals surface area contributed by atoms with Crippen molar-refractivity contribution < 1.29 is 24.2 Å². The van der Waals surface area contributed by atoms with E-state index in [0.717, 1.165) is 18.7 Å². The molecule has 1 saturated heterocycles. The highest BCUT2D eigenvalue weighted by molar-refractivity contribution is 6.46. The second-order valence-electron chi connectivity index (χ2n) is 8.96. The third-order valence-corrected chi connectivity index (χ3v) is 6.25. The summed E-state index contributed by atoms with van der Waals surface area (Å²) in [4.78, 5) is 30.4. The number of aliphatic hydroxyl groups is 1. The molecule has 2 aromatic carbocycles. The summed E-state index contributed by atoms with van der Waals surface area (Å²) in [6.45, 7) is 12.5. The maximum absolute atomic E-state index is 13.4. The van der Waals surface area contributed by atoms with Gasteiger partial charge in [-0.1, -0.05) is 37.6 Å². The van der Waals surface area contributed by atoms with Crippen molar-refractivity contribution in [3.63, 3.8) is 0 Å². The second-order valence-corrected chi connectivity index (χ2v) is 8.96. The number of likely N-dealkylation sites (tertiary alicyclic amines) is 1. The van der Waals surface area contributed by atoms with Gasteiger partial charge in [0.25, 0.3) is 11.7 Å². The van der Waals surface area contributed by atoms with Crippen molar-refractivity contribution >= 4 is 17.4 Å². The average molecular weight is 481 g/mol. The third-order valence-electron chi connectivity index (χ3n) is 6.25. The van der Waals surface area contributed by atoms with Gasteiger partial charge in [-0.15, -0.1) is 0 Å².